The summed E-state index contributed by atoms with van der Waals surface area (Å²) in [6.07, 6.45) is 0.0253. The number of aliphatic carboxylic acids is 1. The quantitative estimate of drug-likeness (QED) is 0.383. The second kappa shape index (κ2) is 10.6. The molecule has 32 heavy (non-hydrogen) atoms. The maximum atomic E-state index is 13.5. The van der Waals surface area contributed by atoms with Crippen LogP contribution in [0, 0.1) is 17.7 Å². The Hall–Kier alpha value is -2.91. The minimum absolute atomic E-state index is 0.121. The molecule has 8 heteroatoms. The van der Waals surface area contributed by atoms with E-state index >= 15 is 0 Å². The van der Waals surface area contributed by atoms with E-state index in [4.69, 9.17) is 9.63 Å². The molecule has 0 spiro atoms. The van der Waals surface area contributed by atoms with Gasteiger partial charge in [0.15, 0.2) is 8.03 Å². The minimum atomic E-state index is -2.62. The Morgan fingerprint density at radius 3 is 2.59 bits per heavy atom. The standard InChI is InChI=1S/C24H25FNO5P/c1-16(2)24-20(6-5-13-31-32(30)15-19(27)14-22(28)29)23(17-8-10-18(25)11-9-17)21-7-3-4-12-26(21)24/h3-4,7-12,16,19,27,32H,13-15H2,1-2H3,(H,28,29). The van der Waals surface area contributed by atoms with Crippen LogP contribution in [0.2, 0.25) is 0 Å². The summed E-state index contributed by atoms with van der Waals surface area (Å²) >= 11 is 0. The van der Waals surface area contributed by atoms with Crippen molar-refractivity contribution in [3.8, 4) is 23.0 Å². The molecule has 0 fully saturated rings. The second-order valence-electron chi connectivity index (χ2n) is 7.67. The van der Waals surface area contributed by atoms with Gasteiger partial charge in [0.2, 0.25) is 0 Å². The van der Waals surface area contributed by atoms with Gasteiger partial charge in [-0.05, 0) is 35.7 Å². The molecule has 2 heterocycles. The van der Waals surface area contributed by atoms with E-state index in [0.29, 0.717) is 0 Å². The highest BCUT2D eigenvalue weighted by atomic mass is 31.1. The van der Waals surface area contributed by atoms with Gasteiger partial charge in [-0.2, -0.15) is 0 Å². The van der Waals surface area contributed by atoms with Crippen LogP contribution in [0.4, 0.5) is 4.39 Å². The Labute approximate surface area is 186 Å². The lowest BCUT2D eigenvalue weighted by atomic mass is 9.98. The van der Waals surface area contributed by atoms with E-state index in [1.807, 2.05) is 24.4 Å². The normalized spacial score (nSPS) is 13.0. The van der Waals surface area contributed by atoms with Crippen LogP contribution in [0.5, 0.6) is 0 Å². The average Bonchev–Trinajstić information content (AvgIpc) is 3.05. The molecule has 2 atom stereocenters. The van der Waals surface area contributed by atoms with Crippen molar-refractivity contribution in [1.82, 2.24) is 4.40 Å². The van der Waals surface area contributed by atoms with Crippen LogP contribution in [0.1, 0.15) is 37.4 Å². The third kappa shape index (κ3) is 5.66. The van der Waals surface area contributed by atoms with E-state index < -0.39 is 26.5 Å². The number of nitrogens with zero attached hydrogens (tertiary/aromatic N) is 1. The van der Waals surface area contributed by atoms with E-state index in [1.165, 1.54) is 12.1 Å². The smallest absolute Gasteiger partial charge is 0.305 e. The Morgan fingerprint density at radius 2 is 1.94 bits per heavy atom. The van der Waals surface area contributed by atoms with E-state index in [-0.39, 0.29) is 24.5 Å². The number of rotatable bonds is 8. The third-order valence-electron chi connectivity index (χ3n) is 4.89. The van der Waals surface area contributed by atoms with Crippen LogP contribution in [-0.4, -0.2) is 39.5 Å². The van der Waals surface area contributed by atoms with Crippen LogP contribution >= 0.6 is 8.03 Å². The molecule has 0 aliphatic rings. The second-order valence-corrected chi connectivity index (χ2v) is 9.11. The fourth-order valence-corrected chi connectivity index (χ4v) is 4.48. The maximum absolute atomic E-state index is 13.5. The molecule has 6 nitrogen and oxygen atoms in total. The number of hydrogen-bond donors (Lipinski definition) is 2. The summed E-state index contributed by atoms with van der Waals surface area (Å²) in [7, 11) is -2.62. The third-order valence-corrected chi connectivity index (χ3v) is 6.16. The Balaban J connectivity index is 1.92. The maximum Gasteiger partial charge on any atom is 0.305 e. The Kier molecular flexibility index (Phi) is 7.87. The van der Waals surface area contributed by atoms with Gasteiger partial charge in [0.1, 0.15) is 12.4 Å². The number of aliphatic hydroxyl groups is 1. The van der Waals surface area contributed by atoms with Gasteiger partial charge in [-0.1, -0.05) is 43.9 Å². The number of benzene rings is 1. The van der Waals surface area contributed by atoms with Gasteiger partial charge < -0.3 is 19.1 Å². The van der Waals surface area contributed by atoms with Crippen molar-refractivity contribution in [2.75, 3.05) is 12.8 Å². The van der Waals surface area contributed by atoms with Crippen molar-refractivity contribution < 1.29 is 28.5 Å². The summed E-state index contributed by atoms with van der Waals surface area (Å²) in [5.41, 5.74) is 4.44. The zero-order valence-corrected chi connectivity index (χ0v) is 18.8. The van der Waals surface area contributed by atoms with Gasteiger partial charge in [-0.15, -0.1) is 0 Å². The first kappa shape index (κ1) is 23.7. The fraction of sp³-hybridized carbons (Fsp3) is 0.292. The number of pyridine rings is 1. The van der Waals surface area contributed by atoms with Gasteiger partial charge in [-0.3, -0.25) is 9.36 Å². The number of halogens is 1. The molecule has 1 aromatic carbocycles. The summed E-state index contributed by atoms with van der Waals surface area (Å²) in [4.78, 5) is 10.6. The molecule has 0 amide bonds. The van der Waals surface area contributed by atoms with Crippen molar-refractivity contribution in [3.05, 3.63) is 65.7 Å². The summed E-state index contributed by atoms with van der Waals surface area (Å²) in [5.74, 6) is 4.69. The summed E-state index contributed by atoms with van der Waals surface area (Å²) in [6.45, 7) is 4.01. The van der Waals surface area contributed by atoms with Gasteiger partial charge >= 0.3 is 5.97 Å². The summed E-state index contributed by atoms with van der Waals surface area (Å²) in [6, 6.07) is 12.1. The lowest BCUT2D eigenvalue weighted by Gasteiger charge is -2.07. The number of hydrogen-bond acceptors (Lipinski definition) is 4. The average molecular weight is 457 g/mol. The molecule has 0 radical (unpaired) electrons. The molecular weight excluding hydrogens is 432 g/mol. The van der Waals surface area contributed by atoms with Gasteiger partial charge in [0.25, 0.3) is 0 Å². The van der Waals surface area contributed by atoms with Gasteiger partial charge in [0.05, 0.1) is 23.6 Å². The largest absolute Gasteiger partial charge is 0.481 e. The molecule has 2 N–H and O–H groups in total. The topological polar surface area (TPSA) is 88.2 Å². The number of carboxylic acids is 1. The SMILES string of the molecule is CC(C)c1c(C#CCO[PH](=O)CC(O)CC(=O)O)c(-c2ccc(F)cc2)c2ccccn12. The Bertz CT molecular complexity index is 1190. The first-order chi connectivity index (χ1) is 15.3. The highest BCUT2D eigenvalue weighted by Crippen LogP contribution is 2.36. The van der Waals surface area contributed by atoms with E-state index in [1.54, 1.807) is 12.1 Å². The van der Waals surface area contributed by atoms with Crippen molar-refractivity contribution >= 4 is 19.5 Å². The number of carboxylic acid groups (broad SMARTS) is 1. The first-order valence-electron chi connectivity index (χ1n) is 10.2. The molecule has 2 aromatic heterocycles. The van der Waals surface area contributed by atoms with Gasteiger partial charge in [0, 0.05) is 23.6 Å². The summed E-state index contributed by atoms with van der Waals surface area (Å²) in [5, 5.41) is 18.2. The zero-order chi connectivity index (χ0) is 23.3. The van der Waals surface area contributed by atoms with Crippen LogP contribution < -0.4 is 0 Å². The van der Waals surface area contributed by atoms with Crippen molar-refractivity contribution in [1.29, 1.82) is 0 Å². The molecule has 0 aliphatic heterocycles. The van der Waals surface area contributed by atoms with Gasteiger partial charge in [-0.25, -0.2) is 4.39 Å². The van der Waals surface area contributed by atoms with Crippen molar-refractivity contribution in [3.63, 3.8) is 0 Å². The molecule has 0 bridgehead atoms. The predicted octanol–water partition coefficient (Wildman–Crippen LogP) is 4.55. The molecule has 2 unspecified atom stereocenters. The van der Waals surface area contributed by atoms with Crippen LogP contribution in [0.3, 0.4) is 0 Å². The first-order valence-corrected chi connectivity index (χ1v) is 11.7. The molecular formula is C24H25FNO5P. The molecule has 0 saturated heterocycles. The number of aromatic nitrogens is 1. The fourth-order valence-electron chi connectivity index (χ4n) is 3.60. The number of aliphatic hydroxyl groups excluding tert-OH is 1. The Morgan fingerprint density at radius 1 is 1.22 bits per heavy atom. The lowest BCUT2D eigenvalue weighted by Crippen LogP contribution is -2.15. The molecule has 3 rings (SSSR count). The monoisotopic (exact) mass is 457 g/mol. The molecule has 0 aliphatic carbocycles. The highest BCUT2D eigenvalue weighted by molar-refractivity contribution is 7.39. The van der Waals surface area contributed by atoms with Crippen LogP contribution in [0.15, 0.2) is 48.7 Å². The molecule has 0 saturated carbocycles. The van der Waals surface area contributed by atoms with Crippen LogP contribution in [0.25, 0.3) is 16.6 Å². The van der Waals surface area contributed by atoms with E-state index in [2.05, 4.69) is 30.1 Å². The predicted molar refractivity (Wildman–Crippen MR) is 122 cm³/mol. The minimum Gasteiger partial charge on any atom is -0.481 e. The molecule has 168 valence electrons. The zero-order valence-electron chi connectivity index (χ0n) is 17.8. The van der Waals surface area contributed by atoms with E-state index in [9.17, 15) is 18.9 Å². The van der Waals surface area contributed by atoms with E-state index in [0.717, 1.165) is 27.9 Å². The van der Waals surface area contributed by atoms with Crippen molar-refractivity contribution in [2.45, 2.75) is 32.3 Å². The highest BCUT2D eigenvalue weighted by Gasteiger charge is 2.20. The van der Waals surface area contributed by atoms with Crippen LogP contribution in [-0.2, 0) is 13.9 Å². The summed E-state index contributed by atoms with van der Waals surface area (Å²) < 4.78 is 32.8. The molecule has 3 aromatic rings. The number of carbonyl (C=O) groups is 1. The van der Waals surface area contributed by atoms with Crippen molar-refractivity contribution in [2.24, 2.45) is 0 Å². The number of fused-ring (bicyclic) bond motifs is 1. The lowest BCUT2D eigenvalue weighted by molar-refractivity contribution is -0.138.